The predicted molar refractivity (Wildman–Crippen MR) is 81.2 cm³/mol. The van der Waals surface area contributed by atoms with Gasteiger partial charge in [-0.2, -0.15) is 0 Å². The van der Waals surface area contributed by atoms with Gasteiger partial charge in [-0.05, 0) is 45.2 Å². The normalized spacial score (nSPS) is 19.8. The van der Waals surface area contributed by atoms with Crippen molar-refractivity contribution >= 4 is 17.7 Å². The first-order valence-electron chi connectivity index (χ1n) is 7.09. The van der Waals surface area contributed by atoms with E-state index in [1.54, 1.807) is 4.90 Å². The molecule has 1 aliphatic rings. The Labute approximate surface area is 125 Å². The summed E-state index contributed by atoms with van der Waals surface area (Å²) < 4.78 is 5.45. The van der Waals surface area contributed by atoms with Crippen LogP contribution in [-0.4, -0.2) is 29.7 Å². The van der Waals surface area contributed by atoms with E-state index in [1.807, 2.05) is 45.0 Å². The number of carbonyl (C=O) groups excluding carboxylic acids is 1. The van der Waals surface area contributed by atoms with Crippen LogP contribution in [-0.2, 0) is 4.74 Å². The van der Waals surface area contributed by atoms with Crippen LogP contribution in [0.25, 0.3) is 0 Å². The summed E-state index contributed by atoms with van der Waals surface area (Å²) >= 11 is 6.26. The van der Waals surface area contributed by atoms with E-state index in [4.69, 9.17) is 16.3 Å². The van der Waals surface area contributed by atoms with Crippen molar-refractivity contribution < 1.29 is 9.53 Å². The van der Waals surface area contributed by atoms with Gasteiger partial charge in [0.2, 0.25) is 0 Å². The number of hydrogen-bond acceptors (Lipinski definition) is 2. The third-order valence-electron chi connectivity index (χ3n) is 3.42. The number of benzene rings is 1. The Bertz CT molecular complexity index is 482. The molecule has 1 fully saturated rings. The maximum absolute atomic E-state index is 12.1. The minimum atomic E-state index is -0.450. The van der Waals surface area contributed by atoms with Crippen LogP contribution in [0.4, 0.5) is 4.79 Å². The van der Waals surface area contributed by atoms with E-state index in [1.165, 1.54) is 0 Å². The van der Waals surface area contributed by atoms with Gasteiger partial charge in [0, 0.05) is 24.0 Å². The third-order valence-corrected chi connectivity index (χ3v) is 3.76. The van der Waals surface area contributed by atoms with Crippen molar-refractivity contribution in [3.8, 4) is 0 Å². The number of likely N-dealkylation sites (tertiary alicyclic amines) is 1. The molecule has 1 unspecified atom stereocenters. The van der Waals surface area contributed by atoms with Gasteiger partial charge in [0.1, 0.15) is 5.60 Å². The first kappa shape index (κ1) is 15.2. The molecule has 0 spiro atoms. The van der Waals surface area contributed by atoms with E-state index in [0.717, 1.165) is 30.0 Å². The fraction of sp³-hybridized carbons (Fsp3) is 0.562. The number of amides is 1. The topological polar surface area (TPSA) is 29.5 Å². The van der Waals surface area contributed by atoms with Crippen LogP contribution in [0, 0.1) is 0 Å². The molecule has 0 bridgehead atoms. The van der Waals surface area contributed by atoms with Crippen molar-refractivity contribution in [1.29, 1.82) is 0 Å². The second-order valence-corrected chi connectivity index (χ2v) is 6.69. The average Bonchev–Trinajstić information content (AvgIpc) is 2.37. The van der Waals surface area contributed by atoms with Crippen molar-refractivity contribution in [2.24, 2.45) is 0 Å². The number of nitrogens with zero attached hydrogens (tertiary/aromatic N) is 1. The van der Waals surface area contributed by atoms with Crippen molar-refractivity contribution in [3.05, 3.63) is 34.9 Å². The van der Waals surface area contributed by atoms with Crippen LogP contribution >= 0.6 is 11.6 Å². The Hall–Kier alpha value is -1.22. The molecular formula is C16H22ClNO2. The maximum Gasteiger partial charge on any atom is 0.410 e. The number of ether oxygens (including phenoxy) is 1. The highest BCUT2D eigenvalue weighted by Crippen LogP contribution is 2.32. The number of piperidine rings is 1. The lowest BCUT2D eigenvalue weighted by Gasteiger charge is -2.34. The van der Waals surface area contributed by atoms with Gasteiger partial charge in [-0.1, -0.05) is 29.8 Å². The van der Waals surface area contributed by atoms with Crippen molar-refractivity contribution in [2.45, 2.75) is 45.1 Å². The van der Waals surface area contributed by atoms with Gasteiger partial charge in [0.25, 0.3) is 0 Å². The van der Waals surface area contributed by atoms with Crippen molar-refractivity contribution in [3.63, 3.8) is 0 Å². The number of hydrogen-bond donors (Lipinski definition) is 0. The second kappa shape index (κ2) is 6.04. The molecule has 1 atom stereocenters. The Balaban J connectivity index is 2.06. The zero-order chi connectivity index (χ0) is 14.8. The zero-order valence-corrected chi connectivity index (χ0v) is 13.1. The van der Waals surface area contributed by atoms with Crippen LogP contribution in [0.15, 0.2) is 24.3 Å². The van der Waals surface area contributed by atoms with Gasteiger partial charge < -0.3 is 9.64 Å². The third kappa shape index (κ3) is 3.89. The van der Waals surface area contributed by atoms with E-state index in [-0.39, 0.29) is 6.09 Å². The standard InChI is InChI=1S/C16H22ClNO2/c1-16(2,3)20-15(19)18-10-6-7-12(11-18)13-8-4-5-9-14(13)17/h4-5,8-9,12H,6-7,10-11H2,1-3H3. The molecule has 4 heteroatoms. The van der Waals surface area contributed by atoms with E-state index in [9.17, 15) is 4.79 Å². The van der Waals surface area contributed by atoms with Gasteiger partial charge in [-0.25, -0.2) is 4.79 Å². The molecule has 0 aliphatic carbocycles. The first-order chi connectivity index (χ1) is 9.37. The highest BCUT2D eigenvalue weighted by Gasteiger charge is 2.28. The van der Waals surface area contributed by atoms with Gasteiger partial charge in [-0.15, -0.1) is 0 Å². The maximum atomic E-state index is 12.1. The molecule has 20 heavy (non-hydrogen) atoms. The molecule has 110 valence electrons. The number of rotatable bonds is 1. The SMILES string of the molecule is CC(C)(C)OC(=O)N1CCCC(c2ccccc2Cl)C1. The fourth-order valence-corrected chi connectivity index (χ4v) is 2.82. The Morgan fingerprint density at radius 1 is 1.35 bits per heavy atom. The molecule has 0 N–H and O–H groups in total. The molecular weight excluding hydrogens is 274 g/mol. The first-order valence-corrected chi connectivity index (χ1v) is 7.47. The monoisotopic (exact) mass is 295 g/mol. The van der Waals surface area contributed by atoms with Crippen LogP contribution in [0.1, 0.15) is 45.1 Å². The summed E-state index contributed by atoms with van der Waals surface area (Å²) in [7, 11) is 0. The van der Waals surface area contributed by atoms with Crippen molar-refractivity contribution in [1.82, 2.24) is 4.90 Å². The predicted octanol–water partition coefficient (Wildman–Crippen LogP) is 4.45. The minimum absolute atomic E-state index is 0.228. The molecule has 1 amide bonds. The molecule has 1 heterocycles. The summed E-state index contributed by atoms with van der Waals surface area (Å²) in [6, 6.07) is 7.88. The van der Waals surface area contributed by atoms with Gasteiger partial charge in [0.15, 0.2) is 0 Å². The molecule has 1 aromatic rings. The van der Waals surface area contributed by atoms with E-state index >= 15 is 0 Å². The molecule has 3 nitrogen and oxygen atoms in total. The van der Waals surface area contributed by atoms with Crippen LogP contribution in [0.5, 0.6) is 0 Å². The van der Waals surface area contributed by atoms with E-state index < -0.39 is 5.60 Å². The van der Waals surface area contributed by atoms with Gasteiger partial charge >= 0.3 is 6.09 Å². The number of halogens is 1. The quantitative estimate of drug-likeness (QED) is 0.766. The summed E-state index contributed by atoms with van der Waals surface area (Å²) in [4.78, 5) is 13.9. The molecule has 1 aliphatic heterocycles. The molecule has 2 rings (SSSR count). The van der Waals surface area contributed by atoms with Gasteiger partial charge in [0.05, 0.1) is 0 Å². The summed E-state index contributed by atoms with van der Waals surface area (Å²) in [6.07, 6.45) is 1.81. The molecule has 0 aromatic heterocycles. The highest BCUT2D eigenvalue weighted by atomic mass is 35.5. The molecule has 1 saturated heterocycles. The highest BCUT2D eigenvalue weighted by molar-refractivity contribution is 6.31. The van der Waals surface area contributed by atoms with Crippen LogP contribution in [0.2, 0.25) is 5.02 Å². The lowest BCUT2D eigenvalue weighted by atomic mass is 9.91. The summed E-state index contributed by atoms with van der Waals surface area (Å²) in [5.74, 6) is 0.296. The summed E-state index contributed by atoms with van der Waals surface area (Å²) in [6.45, 7) is 7.11. The van der Waals surface area contributed by atoms with Crippen molar-refractivity contribution in [2.75, 3.05) is 13.1 Å². The lowest BCUT2D eigenvalue weighted by Crippen LogP contribution is -2.42. The smallest absolute Gasteiger partial charge is 0.410 e. The van der Waals surface area contributed by atoms with Gasteiger partial charge in [-0.3, -0.25) is 0 Å². The molecule has 1 aromatic carbocycles. The largest absolute Gasteiger partial charge is 0.444 e. The minimum Gasteiger partial charge on any atom is -0.444 e. The number of carbonyl (C=O) groups is 1. The fourth-order valence-electron chi connectivity index (χ4n) is 2.53. The Morgan fingerprint density at radius 3 is 2.70 bits per heavy atom. The molecule has 0 saturated carbocycles. The van der Waals surface area contributed by atoms with E-state index in [2.05, 4.69) is 0 Å². The van der Waals surface area contributed by atoms with Crippen LogP contribution < -0.4 is 0 Å². The van der Waals surface area contributed by atoms with E-state index in [0.29, 0.717) is 12.5 Å². The summed E-state index contributed by atoms with van der Waals surface area (Å²) in [5.41, 5.74) is 0.677. The molecule has 0 radical (unpaired) electrons. The average molecular weight is 296 g/mol. The zero-order valence-electron chi connectivity index (χ0n) is 12.4. The summed E-state index contributed by atoms with van der Waals surface area (Å²) in [5, 5.41) is 0.781. The lowest BCUT2D eigenvalue weighted by molar-refractivity contribution is 0.0198. The van der Waals surface area contributed by atoms with Crippen LogP contribution in [0.3, 0.4) is 0 Å². The Morgan fingerprint density at radius 2 is 2.05 bits per heavy atom. The Kier molecular flexibility index (Phi) is 4.59. The second-order valence-electron chi connectivity index (χ2n) is 6.29.